The number of rotatable bonds is 5. The van der Waals surface area contributed by atoms with Crippen molar-refractivity contribution in [2.45, 2.75) is 38.3 Å². The van der Waals surface area contributed by atoms with E-state index in [-0.39, 0.29) is 17.9 Å². The molecule has 2 aliphatic rings. The minimum atomic E-state index is -0.106. The average Bonchev–Trinajstić information content (AvgIpc) is 3.41. The third-order valence-corrected chi connectivity index (χ3v) is 5.59. The first kappa shape index (κ1) is 19.6. The highest BCUT2D eigenvalue weighted by Gasteiger charge is 2.28. The fourth-order valence-electron chi connectivity index (χ4n) is 3.98. The number of carbonyl (C=O) groups excluding carboxylic acids is 2. The van der Waals surface area contributed by atoms with Crippen molar-refractivity contribution >= 4 is 11.8 Å². The van der Waals surface area contributed by atoms with E-state index in [9.17, 15) is 9.59 Å². The highest BCUT2D eigenvalue weighted by atomic mass is 16.5. The summed E-state index contributed by atoms with van der Waals surface area (Å²) in [6, 6.07) is 0.152. The van der Waals surface area contributed by atoms with Crippen LogP contribution >= 0.6 is 0 Å². The largest absolute Gasteiger partial charge is 0.378 e. The van der Waals surface area contributed by atoms with Crippen LogP contribution in [0, 0.1) is 0 Å². The van der Waals surface area contributed by atoms with Crippen molar-refractivity contribution in [1.82, 2.24) is 34.6 Å². The van der Waals surface area contributed by atoms with Crippen LogP contribution in [-0.2, 0) is 18.3 Å². The van der Waals surface area contributed by atoms with Crippen molar-refractivity contribution in [2.75, 3.05) is 32.8 Å². The third kappa shape index (κ3) is 4.47. The third-order valence-electron chi connectivity index (χ3n) is 5.59. The van der Waals surface area contributed by atoms with Gasteiger partial charge in [-0.05, 0) is 25.7 Å². The number of aromatic nitrogens is 5. The molecule has 0 aliphatic carbocycles. The maximum absolute atomic E-state index is 12.9. The Labute approximate surface area is 169 Å². The smallest absolute Gasteiger partial charge is 0.276 e. The first-order chi connectivity index (χ1) is 14.1. The van der Waals surface area contributed by atoms with E-state index in [4.69, 9.17) is 4.74 Å². The molecule has 4 rings (SSSR count). The van der Waals surface area contributed by atoms with Gasteiger partial charge in [0.15, 0.2) is 5.69 Å². The highest BCUT2D eigenvalue weighted by Crippen LogP contribution is 2.22. The Kier molecular flexibility index (Phi) is 5.89. The first-order valence-corrected chi connectivity index (χ1v) is 10.2. The number of piperidine rings is 1. The predicted octanol–water partition coefficient (Wildman–Crippen LogP) is 0.569. The number of aryl methyl sites for hydroxylation is 2. The van der Waals surface area contributed by atoms with Crippen LogP contribution in [0.1, 0.15) is 46.5 Å². The van der Waals surface area contributed by atoms with Gasteiger partial charge in [-0.2, -0.15) is 5.10 Å². The van der Waals surface area contributed by atoms with E-state index in [1.54, 1.807) is 32.9 Å². The summed E-state index contributed by atoms with van der Waals surface area (Å²) in [4.78, 5) is 29.1. The SMILES string of the molecule is Cn1cc(C(=O)N2CCCCC2CCn2cc(C(=O)N3CCOCC3)nn2)cn1. The normalized spacial score (nSPS) is 20.1. The van der Waals surface area contributed by atoms with Crippen LogP contribution in [0.15, 0.2) is 18.6 Å². The lowest BCUT2D eigenvalue weighted by Gasteiger charge is -2.35. The van der Waals surface area contributed by atoms with Gasteiger partial charge in [-0.1, -0.05) is 5.21 Å². The molecule has 0 saturated carbocycles. The molecule has 156 valence electrons. The minimum absolute atomic E-state index is 0.0320. The van der Waals surface area contributed by atoms with E-state index in [1.807, 2.05) is 11.9 Å². The number of hydrogen-bond donors (Lipinski definition) is 0. The van der Waals surface area contributed by atoms with Gasteiger partial charge in [0.25, 0.3) is 11.8 Å². The van der Waals surface area contributed by atoms with Crippen LogP contribution in [0.25, 0.3) is 0 Å². The molecule has 10 nitrogen and oxygen atoms in total. The van der Waals surface area contributed by atoms with Gasteiger partial charge in [0.05, 0.1) is 31.2 Å². The van der Waals surface area contributed by atoms with Crippen molar-refractivity contribution in [1.29, 1.82) is 0 Å². The summed E-state index contributed by atoms with van der Waals surface area (Å²) in [6.45, 7) is 3.66. The molecule has 2 aromatic heterocycles. The van der Waals surface area contributed by atoms with E-state index in [1.165, 1.54) is 0 Å². The van der Waals surface area contributed by atoms with Crippen molar-refractivity contribution in [3.05, 3.63) is 29.8 Å². The summed E-state index contributed by atoms with van der Waals surface area (Å²) in [6.07, 6.45) is 8.96. The second kappa shape index (κ2) is 8.73. The summed E-state index contributed by atoms with van der Waals surface area (Å²) in [7, 11) is 1.81. The monoisotopic (exact) mass is 401 g/mol. The fraction of sp³-hybridized carbons (Fsp3) is 0.632. The quantitative estimate of drug-likeness (QED) is 0.726. The van der Waals surface area contributed by atoms with E-state index in [0.717, 1.165) is 32.2 Å². The Hall–Kier alpha value is -2.75. The topological polar surface area (TPSA) is 98.4 Å². The molecular weight excluding hydrogens is 374 g/mol. The van der Waals surface area contributed by atoms with Gasteiger partial charge in [0.2, 0.25) is 0 Å². The fourth-order valence-corrected chi connectivity index (χ4v) is 3.98. The van der Waals surface area contributed by atoms with E-state index in [0.29, 0.717) is 44.1 Å². The van der Waals surface area contributed by atoms with Crippen molar-refractivity contribution in [3.8, 4) is 0 Å². The molecule has 2 aliphatic heterocycles. The number of amides is 2. The summed E-state index contributed by atoms with van der Waals surface area (Å²) >= 11 is 0. The van der Waals surface area contributed by atoms with E-state index in [2.05, 4.69) is 15.4 Å². The van der Waals surface area contributed by atoms with Crippen molar-refractivity contribution < 1.29 is 14.3 Å². The Morgan fingerprint density at radius 1 is 1.14 bits per heavy atom. The number of carbonyl (C=O) groups is 2. The lowest BCUT2D eigenvalue weighted by molar-refractivity contribution is 0.0299. The lowest BCUT2D eigenvalue weighted by Crippen LogP contribution is -2.44. The molecule has 4 heterocycles. The zero-order valence-corrected chi connectivity index (χ0v) is 16.7. The zero-order chi connectivity index (χ0) is 20.2. The molecule has 2 saturated heterocycles. The Morgan fingerprint density at radius 3 is 2.72 bits per heavy atom. The van der Waals surface area contributed by atoms with Crippen LogP contribution in [0.2, 0.25) is 0 Å². The second-order valence-electron chi connectivity index (χ2n) is 7.61. The number of likely N-dealkylation sites (tertiary alicyclic amines) is 1. The molecular formula is C19H27N7O3. The van der Waals surface area contributed by atoms with Crippen LogP contribution in [0.5, 0.6) is 0 Å². The molecule has 29 heavy (non-hydrogen) atoms. The minimum Gasteiger partial charge on any atom is -0.378 e. The van der Waals surface area contributed by atoms with Crippen molar-refractivity contribution in [3.63, 3.8) is 0 Å². The number of morpholine rings is 1. The molecule has 1 atom stereocenters. The van der Waals surface area contributed by atoms with Gasteiger partial charge < -0.3 is 14.5 Å². The standard InChI is InChI=1S/C19H27N7O3/c1-23-13-15(12-20-23)18(27)26-6-3-2-4-16(26)5-7-25-14-17(21-22-25)19(28)24-8-10-29-11-9-24/h12-14,16H,2-11H2,1H3. The summed E-state index contributed by atoms with van der Waals surface area (Å²) < 4.78 is 8.64. The van der Waals surface area contributed by atoms with Crippen LogP contribution in [0.4, 0.5) is 0 Å². The van der Waals surface area contributed by atoms with Crippen LogP contribution in [-0.4, -0.2) is 85.3 Å². The van der Waals surface area contributed by atoms with E-state index < -0.39 is 0 Å². The van der Waals surface area contributed by atoms with Gasteiger partial charge in [0.1, 0.15) is 0 Å². The number of ether oxygens (including phenoxy) is 1. The summed E-state index contributed by atoms with van der Waals surface area (Å²) in [5, 5.41) is 12.3. The second-order valence-corrected chi connectivity index (χ2v) is 7.61. The molecule has 2 fully saturated rings. The van der Waals surface area contributed by atoms with Gasteiger partial charge in [-0.25, -0.2) is 0 Å². The molecule has 2 amide bonds. The van der Waals surface area contributed by atoms with E-state index >= 15 is 0 Å². The Morgan fingerprint density at radius 2 is 1.97 bits per heavy atom. The number of nitrogens with zero attached hydrogens (tertiary/aromatic N) is 7. The molecule has 0 N–H and O–H groups in total. The maximum atomic E-state index is 12.9. The Balaban J connectivity index is 1.36. The predicted molar refractivity (Wildman–Crippen MR) is 103 cm³/mol. The molecule has 0 spiro atoms. The van der Waals surface area contributed by atoms with Gasteiger partial charge in [-0.15, -0.1) is 5.10 Å². The zero-order valence-electron chi connectivity index (χ0n) is 16.7. The average molecular weight is 401 g/mol. The summed E-state index contributed by atoms with van der Waals surface area (Å²) in [5.41, 5.74) is 0.984. The number of hydrogen-bond acceptors (Lipinski definition) is 6. The molecule has 10 heteroatoms. The molecule has 2 aromatic rings. The van der Waals surface area contributed by atoms with Crippen molar-refractivity contribution in [2.24, 2.45) is 7.05 Å². The Bertz CT molecular complexity index is 856. The molecule has 0 aromatic carbocycles. The molecule has 0 bridgehead atoms. The van der Waals surface area contributed by atoms with Gasteiger partial charge in [0, 0.05) is 45.5 Å². The lowest BCUT2D eigenvalue weighted by atomic mass is 9.98. The molecule has 1 unspecified atom stereocenters. The van der Waals surface area contributed by atoms with Gasteiger partial charge >= 0.3 is 0 Å². The maximum Gasteiger partial charge on any atom is 0.276 e. The first-order valence-electron chi connectivity index (χ1n) is 10.2. The van der Waals surface area contributed by atoms with Crippen LogP contribution < -0.4 is 0 Å². The summed E-state index contributed by atoms with van der Waals surface area (Å²) in [5.74, 6) is -0.0739. The molecule has 0 radical (unpaired) electrons. The van der Waals surface area contributed by atoms with Crippen LogP contribution in [0.3, 0.4) is 0 Å². The van der Waals surface area contributed by atoms with Gasteiger partial charge in [-0.3, -0.25) is 19.0 Å². The highest BCUT2D eigenvalue weighted by molar-refractivity contribution is 5.94.